The van der Waals surface area contributed by atoms with E-state index in [1.807, 2.05) is 13.8 Å². The highest BCUT2D eigenvalue weighted by molar-refractivity contribution is 5.97. The van der Waals surface area contributed by atoms with Gasteiger partial charge in [0, 0.05) is 5.69 Å². The molecule has 0 aromatic heterocycles. The van der Waals surface area contributed by atoms with Crippen LogP contribution in [-0.2, 0) is 4.79 Å². The fourth-order valence-corrected chi connectivity index (χ4v) is 1.31. The summed E-state index contributed by atoms with van der Waals surface area (Å²) in [5.41, 5.74) is 5.67. The van der Waals surface area contributed by atoms with Crippen LogP contribution in [0.1, 0.15) is 24.2 Å². The van der Waals surface area contributed by atoms with Crippen molar-refractivity contribution in [2.45, 2.75) is 19.9 Å². The number of carboxylic acid groups (broad SMARTS) is 1. The third kappa shape index (κ3) is 3.21. The third-order valence-corrected chi connectivity index (χ3v) is 2.52. The predicted octanol–water partition coefficient (Wildman–Crippen LogP) is 1.01. The zero-order valence-corrected chi connectivity index (χ0v) is 10.2. The van der Waals surface area contributed by atoms with Crippen LogP contribution in [0.4, 0.5) is 5.69 Å². The van der Waals surface area contributed by atoms with Gasteiger partial charge < -0.3 is 21.3 Å². The topological polar surface area (TPSA) is 113 Å². The molecule has 0 saturated carbocycles. The lowest BCUT2D eigenvalue weighted by Crippen LogP contribution is -2.39. The lowest BCUT2D eigenvalue weighted by atomic mass is 10.0. The van der Waals surface area contributed by atoms with Gasteiger partial charge in [-0.25, -0.2) is 4.79 Å². The molecule has 6 heteroatoms. The number of aromatic carboxylic acids is 1. The first-order valence-corrected chi connectivity index (χ1v) is 5.45. The molecule has 98 valence electrons. The van der Waals surface area contributed by atoms with Crippen molar-refractivity contribution >= 4 is 17.6 Å². The Morgan fingerprint density at radius 1 is 1.33 bits per heavy atom. The molecule has 0 unspecified atom stereocenters. The molecule has 1 aromatic carbocycles. The Bertz CT molecular complexity index is 471. The minimum absolute atomic E-state index is 0.0268. The minimum atomic E-state index is -1.27. The molecule has 0 spiro atoms. The van der Waals surface area contributed by atoms with Gasteiger partial charge >= 0.3 is 5.97 Å². The number of rotatable bonds is 4. The van der Waals surface area contributed by atoms with Crippen molar-refractivity contribution in [3.05, 3.63) is 23.8 Å². The van der Waals surface area contributed by atoms with Crippen molar-refractivity contribution in [3.8, 4) is 5.75 Å². The SMILES string of the molecule is CC(C)[C@@H](N)C(=O)Nc1ccc(O)c(C(=O)O)c1. The quantitative estimate of drug-likeness (QED) is 0.597. The van der Waals surface area contributed by atoms with Crippen molar-refractivity contribution in [2.75, 3.05) is 5.32 Å². The van der Waals surface area contributed by atoms with Crippen LogP contribution in [0.25, 0.3) is 0 Å². The second-order valence-corrected chi connectivity index (χ2v) is 4.30. The van der Waals surface area contributed by atoms with Gasteiger partial charge in [-0.3, -0.25) is 4.79 Å². The summed E-state index contributed by atoms with van der Waals surface area (Å²) < 4.78 is 0. The van der Waals surface area contributed by atoms with Crippen LogP contribution in [0.2, 0.25) is 0 Å². The molecule has 0 aliphatic heterocycles. The van der Waals surface area contributed by atoms with Gasteiger partial charge in [0.15, 0.2) is 0 Å². The van der Waals surface area contributed by atoms with E-state index in [0.717, 1.165) is 0 Å². The van der Waals surface area contributed by atoms with Crippen LogP contribution in [0, 0.1) is 5.92 Å². The monoisotopic (exact) mass is 252 g/mol. The molecule has 0 radical (unpaired) electrons. The molecule has 1 rings (SSSR count). The first kappa shape index (κ1) is 14.0. The van der Waals surface area contributed by atoms with Crippen LogP contribution in [-0.4, -0.2) is 28.1 Å². The standard InChI is InChI=1S/C12H16N2O4/c1-6(2)10(13)11(16)14-7-3-4-9(15)8(5-7)12(17)18/h3-6,10,15H,13H2,1-2H3,(H,14,16)(H,17,18)/t10-/m1/s1. The maximum atomic E-state index is 11.7. The molecule has 1 atom stereocenters. The molecular formula is C12H16N2O4. The maximum absolute atomic E-state index is 11.7. The average molecular weight is 252 g/mol. The molecule has 5 N–H and O–H groups in total. The van der Waals surface area contributed by atoms with Gasteiger partial charge in [0.05, 0.1) is 6.04 Å². The number of nitrogens with two attached hydrogens (primary N) is 1. The molecule has 0 heterocycles. The fourth-order valence-electron chi connectivity index (χ4n) is 1.31. The van der Waals surface area contributed by atoms with E-state index in [9.17, 15) is 14.7 Å². The van der Waals surface area contributed by atoms with Gasteiger partial charge in [-0.15, -0.1) is 0 Å². The van der Waals surface area contributed by atoms with Crippen molar-refractivity contribution < 1.29 is 19.8 Å². The van der Waals surface area contributed by atoms with Gasteiger partial charge in [0.2, 0.25) is 5.91 Å². The normalized spacial score (nSPS) is 12.2. The van der Waals surface area contributed by atoms with Crippen LogP contribution in [0.3, 0.4) is 0 Å². The number of carboxylic acids is 1. The van der Waals surface area contributed by atoms with E-state index in [1.54, 1.807) is 0 Å². The summed E-state index contributed by atoms with van der Waals surface area (Å²) in [6.45, 7) is 3.62. The number of anilines is 1. The predicted molar refractivity (Wildman–Crippen MR) is 66.5 cm³/mol. The zero-order valence-electron chi connectivity index (χ0n) is 10.2. The Morgan fingerprint density at radius 3 is 2.44 bits per heavy atom. The summed E-state index contributed by atoms with van der Waals surface area (Å²) in [6.07, 6.45) is 0. The van der Waals surface area contributed by atoms with E-state index >= 15 is 0 Å². The van der Waals surface area contributed by atoms with E-state index in [4.69, 9.17) is 10.8 Å². The average Bonchev–Trinajstić information content (AvgIpc) is 2.29. The summed E-state index contributed by atoms with van der Waals surface area (Å²) >= 11 is 0. The molecule has 0 fully saturated rings. The van der Waals surface area contributed by atoms with Gasteiger partial charge in [-0.05, 0) is 24.1 Å². The van der Waals surface area contributed by atoms with Crippen molar-refractivity contribution in [3.63, 3.8) is 0 Å². The molecular weight excluding hydrogens is 236 g/mol. The summed E-state index contributed by atoms with van der Waals surface area (Å²) in [5.74, 6) is -2.04. The highest BCUT2D eigenvalue weighted by Gasteiger charge is 2.18. The Hall–Kier alpha value is -2.08. The van der Waals surface area contributed by atoms with E-state index in [1.165, 1.54) is 18.2 Å². The summed E-state index contributed by atoms with van der Waals surface area (Å²) in [6, 6.07) is 3.13. The Kier molecular flexibility index (Phi) is 4.28. The Labute approximate surface area is 104 Å². The number of aromatic hydroxyl groups is 1. The van der Waals surface area contributed by atoms with Crippen LogP contribution in [0.15, 0.2) is 18.2 Å². The number of hydrogen-bond donors (Lipinski definition) is 4. The molecule has 1 aromatic rings. The number of carbonyl (C=O) groups excluding carboxylic acids is 1. The van der Waals surface area contributed by atoms with Gasteiger partial charge in [0.25, 0.3) is 0 Å². The zero-order chi connectivity index (χ0) is 13.9. The van der Waals surface area contributed by atoms with Gasteiger partial charge in [0.1, 0.15) is 11.3 Å². The lowest BCUT2D eigenvalue weighted by Gasteiger charge is -2.15. The molecule has 0 aliphatic rings. The van der Waals surface area contributed by atoms with Crippen molar-refractivity contribution in [1.29, 1.82) is 0 Å². The maximum Gasteiger partial charge on any atom is 0.339 e. The first-order valence-electron chi connectivity index (χ1n) is 5.45. The molecule has 0 aliphatic carbocycles. The number of nitrogens with one attached hydrogen (secondary N) is 1. The van der Waals surface area contributed by atoms with Crippen LogP contribution < -0.4 is 11.1 Å². The second kappa shape index (κ2) is 5.50. The molecule has 0 bridgehead atoms. The number of benzene rings is 1. The number of phenols is 1. The van der Waals surface area contributed by atoms with Gasteiger partial charge in [-0.2, -0.15) is 0 Å². The van der Waals surface area contributed by atoms with Crippen molar-refractivity contribution in [1.82, 2.24) is 0 Å². The number of carbonyl (C=O) groups is 2. The lowest BCUT2D eigenvalue weighted by molar-refractivity contribution is -0.118. The first-order chi connectivity index (χ1) is 8.32. The third-order valence-electron chi connectivity index (χ3n) is 2.52. The smallest absolute Gasteiger partial charge is 0.339 e. The Morgan fingerprint density at radius 2 is 1.94 bits per heavy atom. The van der Waals surface area contributed by atoms with Crippen LogP contribution >= 0.6 is 0 Å². The van der Waals surface area contributed by atoms with E-state index in [0.29, 0.717) is 0 Å². The molecule has 6 nitrogen and oxygen atoms in total. The Balaban J connectivity index is 2.89. The van der Waals surface area contributed by atoms with Crippen LogP contribution in [0.5, 0.6) is 5.75 Å². The van der Waals surface area contributed by atoms with Crippen molar-refractivity contribution in [2.24, 2.45) is 11.7 Å². The van der Waals surface area contributed by atoms with E-state index < -0.39 is 17.9 Å². The number of hydrogen-bond acceptors (Lipinski definition) is 4. The van der Waals surface area contributed by atoms with E-state index in [2.05, 4.69) is 5.32 Å². The minimum Gasteiger partial charge on any atom is -0.507 e. The summed E-state index contributed by atoms with van der Waals surface area (Å²) in [5, 5.41) is 20.7. The second-order valence-electron chi connectivity index (χ2n) is 4.30. The summed E-state index contributed by atoms with van der Waals surface area (Å²) in [7, 11) is 0. The fraction of sp³-hybridized carbons (Fsp3) is 0.333. The van der Waals surface area contributed by atoms with Gasteiger partial charge in [-0.1, -0.05) is 13.8 Å². The molecule has 1 amide bonds. The number of amides is 1. The largest absolute Gasteiger partial charge is 0.507 e. The van der Waals surface area contributed by atoms with E-state index in [-0.39, 0.29) is 22.9 Å². The molecule has 18 heavy (non-hydrogen) atoms. The molecule has 0 saturated heterocycles. The highest BCUT2D eigenvalue weighted by atomic mass is 16.4. The summed E-state index contributed by atoms with van der Waals surface area (Å²) in [4.78, 5) is 22.5. The highest BCUT2D eigenvalue weighted by Crippen LogP contribution is 2.21.